The van der Waals surface area contributed by atoms with Crippen molar-refractivity contribution in [1.29, 1.82) is 0 Å². The summed E-state index contributed by atoms with van der Waals surface area (Å²) >= 11 is 0. The van der Waals surface area contributed by atoms with Crippen molar-refractivity contribution in [1.82, 2.24) is 4.90 Å². The average Bonchev–Trinajstić information content (AvgIpc) is 2.67. The molecule has 1 aliphatic rings. The summed E-state index contributed by atoms with van der Waals surface area (Å²) < 4.78 is 5.67. The van der Waals surface area contributed by atoms with E-state index in [2.05, 4.69) is 6.58 Å². The summed E-state index contributed by atoms with van der Waals surface area (Å²) in [5.41, 5.74) is 1.05. The molecule has 2 aromatic rings. The number of nitrogens with zero attached hydrogens (tertiary/aromatic N) is 1. The van der Waals surface area contributed by atoms with Crippen LogP contribution in [0.25, 0.3) is 5.57 Å². The lowest BCUT2D eigenvalue weighted by Gasteiger charge is -2.47. The van der Waals surface area contributed by atoms with Gasteiger partial charge in [-0.2, -0.15) is 0 Å². The Morgan fingerprint density at radius 3 is 2.31 bits per heavy atom. The quantitative estimate of drug-likeness (QED) is 0.736. The number of amides is 1. The van der Waals surface area contributed by atoms with Crippen LogP contribution in [0.4, 0.5) is 4.79 Å². The van der Waals surface area contributed by atoms with Crippen LogP contribution < -0.4 is 0 Å². The summed E-state index contributed by atoms with van der Waals surface area (Å²) in [6, 6.07) is 19.1. The highest BCUT2D eigenvalue weighted by molar-refractivity contribution is 5.70. The molecule has 0 unspecified atom stereocenters. The van der Waals surface area contributed by atoms with Crippen molar-refractivity contribution in [3.8, 4) is 0 Å². The Morgan fingerprint density at radius 2 is 1.72 bits per heavy atom. The topological polar surface area (TPSA) is 49.8 Å². The van der Waals surface area contributed by atoms with Gasteiger partial charge in [-0.3, -0.25) is 4.90 Å². The molecule has 1 aliphatic heterocycles. The molecule has 1 N–H and O–H groups in total. The molecule has 0 saturated carbocycles. The second-order valence-corrected chi connectivity index (χ2v) is 8.84. The van der Waals surface area contributed by atoms with Crippen LogP contribution in [-0.2, 0) is 4.74 Å². The summed E-state index contributed by atoms with van der Waals surface area (Å²) in [6.07, 6.45) is 1.30. The molecule has 29 heavy (non-hydrogen) atoms. The Morgan fingerprint density at radius 1 is 1.14 bits per heavy atom. The Balaban J connectivity index is 1.95. The summed E-state index contributed by atoms with van der Waals surface area (Å²) in [5, 5.41) is 11.8. The molecule has 0 aliphatic carbocycles. The van der Waals surface area contributed by atoms with E-state index >= 15 is 0 Å². The van der Waals surface area contributed by atoms with Gasteiger partial charge in [0.2, 0.25) is 0 Å². The molecule has 1 saturated heterocycles. The van der Waals surface area contributed by atoms with E-state index in [1.807, 2.05) is 81.4 Å². The highest BCUT2D eigenvalue weighted by atomic mass is 16.6. The number of piperidine rings is 1. The molecule has 0 bridgehead atoms. The van der Waals surface area contributed by atoms with Gasteiger partial charge >= 0.3 is 6.09 Å². The Labute approximate surface area is 173 Å². The summed E-state index contributed by atoms with van der Waals surface area (Å²) in [6.45, 7) is 10.3. The fourth-order valence-corrected chi connectivity index (χ4v) is 4.08. The van der Waals surface area contributed by atoms with Gasteiger partial charge in [-0.25, -0.2) is 4.79 Å². The van der Waals surface area contributed by atoms with Gasteiger partial charge in [-0.1, -0.05) is 67.2 Å². The molecule has 1 heterocycles. The minimum Gasteiger partial charge on any atom is -0.444 e. The average molecular weight is 394 g/mol. The predicted octanol–water partition coefficient (Wildman–Crippen LogP) is 5.59. The first-order chi connectivity index (χ1) is 13.7. The number of carbonyl (C=O) groups excluding carboxylic acids is 1. The minimum absolute atomic E-state index is 0.385. The number of carbonyl (C=O) groups is 1. The maximum absolute atomic E-state index is 13.0. The zero-order chi connectivity index (χ0) is 21.1. The van der Waals surface area contributed by atoms with Crippen LogP contribution in [0.3, 0.4) is 0 Å². The zero-order valence-electron chi connectivity index (χ0n) is 17.6. The van der Waals surface area contributed by atoms with Gasteiger partial charge in [0.25, 0.3) is 0 Å². The number of hydrogen-bond donors (Lipinski definition) is 1. The fraction of sp³-hybridized carbons (Fsp3) is 0.400. The van der Waals surface area contributed by atoms with Crippen LogP contribution in [-0.4, -0.2) is 33.8 Å². The van der Waals surface area contributed by atoms with E-state index in [-0.39, 0.29) is 0 Å². The molecule has 2 aromatic carbocycles. The fourth-order valence-electron chi connectivity index (χ4n) is 4.08. The van der Waals surface area contributed by atoms with Crippen molar-refractivity contribution in [2.75, 3.05) is 6.54 Å². The van der Waals surface area contributed by atoms with Gasteiger partial charge in [-0.15, -0.1) is 0 Å². The third-order valence-electron chi connectivity index (χ3n) is 5.27. The Hall–Kier alpha value is -2.59. The molecule has 154 valence electrons. The van der Waals surface area contributed by atoms with Crippen molar-refractivity contribution < 1.29 is 14.6 Å². The number of likely N-dealkylation sites (tertiary alicyclic amines) is 1. The number of aliphatic hydroxyl groups is 1. The van der Waals surface area contributed by atoms with Crippen molar-refractivity contribution in [3.63, 3.8) is 0 Å². The van der Waals surface area contributed by atoms with Crippen molar-refractivity contribution >= 4 is 11.7 Å². The van der Waals surface area contributed by atoms with Gasteiger partial charge in [0.05, 0.1) is 11.6 Å². The molecular weight excluding hydrogens is 362 g/mol. The number of ether oxygens (including phenoxy) is 1. The highest BCUT2D eigenvalue weighted by Crippen LogP contribution is 2.44. The minimum atomic E-state index is -1.12. The van der Waals surface area contributed by atoms with Gasteiger partial charge in [0.15, 0.2) is 0 Å². The third kappa shape index (κ3) is 5.07. The van der Waals surface area contributed by atoms with E-state index in [0.29, 0.717) is 25.8 Å². The molecule has 2 atom stereocenters. The van der Waals surface area contributed by atoms with E-state index in [4.69, 9.17) is 4.74 Å². The van der Waals surface area contributed by atoms with Crippen LogP contribution in [0.15, 0.2) is 67.2 Å². The van der Waals surface area contributed by atoms with E-state index < -0.39 is 23.3 Å². The molecule has 0 aromatic heterocycles. The monoisotopic (exact) mass is 393 g/mol. The van der Waals surface area contributed by atoms with E-state index in [9.17, 15) is 9.90 Å². The first kappa shape index (κ1) is 21.1. The molecule has 1 fully saturated rings. The number of benzene rings is 2. The number of hydrogen-bond acceptors (Lipinski definition) is 3. The van der Waals surface area contributed by atoms with Crippen molar-refractivity contribution in [2.45, 2.75) is 57.3 Å². The van der Waals surface area contributed by atoms with Crippen LogP contribution in [0.1, 0.15) is 57.2 Å². The predicted molar refractivity (Wildman–Crippen MR) is 116 cm³/mol. The van der Waals surface area contributed by atoms with Gasteiger partial charge in [0.1, 0.15) is 5.60 Å². The first-order valence-electron chi connectivity index (χ1n) is 10.2. The third-order valence-corrected chi connectivity index (χ3v) is 5.27. The second kappa shape index (κ2) is 8.42. The maximum Gasteiger partial charge on any atom is 0.410 e. The highest BCUT2D eigenvalue weighted by Gasteiger charge is 2.47. The van der Waals surface area contributed by atoms with E-state index in [1.165, 1.54) is 0 Å². The molecule has 4 heteroatoms. The standard InChI is InChI=1S/C25H31NO3/c1-19(20-12-7-5-8-13-20)18-25(28)16-11-17-26(23(27)29-24(2,3)4)22(25)21-14-9-6-10-15-21/h5-10,12-15,22,28H,1,11,16-18H2,2-4H3/t22-,25+/m1/s1. The Bertz CT molecular complexity index is 841. The molecule has 3 rings (SSSR count). The van der Waals surface area contributed by atoms with Gasteiger partial charge < -0.3 is 9.84 Å². The first-order valence-corrected chi connectivity index (χ1v) is 10.2. The lowest BCUT2D eigenvalue weighted by atomic mass is 9.76. The van der Waals surface area contributed by atoms with Crippen LogP contribution in [0.2, 0.25) is 0 Å². The van der Waals surface area contributed by atoms with E-state index in [0.717, 1.165) is 16.7 Å². The van der Waals surface area contributed by atoms with Crippen LogP contribution >= 0.6 is 0 Å². The normalized spacial score (nSPS) is 22.2. The zero-order valence-corrected chi connectivity index (χ0v) is 17.6. The van der Waals surface area contributed by atoms with Crippen LogP contribution in [0.5, 0.6) is 0 Å². The summed E-state index contributed by atoms with van der Waals surface area (Å²) in [5.74, 6) is 0. The lowest BCUT2D eigenvalue weighted by Crippen LogP contribution is -2.53. The summed E-state index contributed by atoms with van der Waals surface area (Å²) in [4.78, 5) is 14.7. The summed E-state index contributed by atoms with van der Waals surface area (Å²) in [7, 11) is 0. The van der Waals surface area contributed by atoms with Crippen LogP contribution in [0, 0.1) is 0 Å². The smallest absolute Gasteiger partial charge is 0.410 e. The second-order valence-electron chi connectivity index (χ2n) is 8.84. The molecule has 0 radical (unpaired) electrons. The molecule has 1 amide bonds. The lowest BCUT2D eigenvalue weighted by molar-refractivity contribution is -0.0828. The molecule has 4 nitrogen and oxygen atoms in total. The van der Waals surface area contributed by atoms with Crippen molar-refractivity contribution in [2.24, 2.45) is 0 Å². The maximum atomic E-state index is 13.0. The van der Waals surface area contributed by atoms with Crippen molar-refractivity contribution in [3.05, 3.63) is 78.4 Å². The molecule has 0 spiro atoms. The molecular formula is C25H31NO3. The van der Waals surface area contributed by atoms with Gasteiger partial charge in [-0.05, 0) is 50.3 Å². The largest absolute Gasteiger partial charge is 0.444 e. The Kier molecular flexibility index (Phi) is 6.13. The SMILES string of the molecule is C=C(C[C@@]1(O)CCCN(C(=O)OC(C)(C)C)[C@@H]1c1ccccc1)c1ccccc1. The van der Waals surface area contributed by atoms with Gasteiger partial charge in [0, 0.05) is 13.0 Å². The number of rotatable bonds is 4. The van der Waals surface area contributed by atoms with E-state index in [1.54, 1.807) is 4.90 Å².